The Kier molecular flexibility index (Phi) is 9.57. The number of nitrogens with one attached hydrogen (secondary N) is 1. The molecule has 45 heavy (non-hydrogen) atoms. The van der Waals surface area contributed by atoms with Crippen molar-refractivity contribution in [1.82, 2.24) is 10.2 Å². The quantitative estimate of drug-likeness (QED) is 0.206. The molecule has 2 aliphatic heterocycles. The minimum absolute atomic E-state index is 0.0482. The molecule has 3 aromatic carbocycles. The van der Waals surface area contributed by atoms with Crippen molar-refractivity contribution in [1.29, 1.82) is 0 Å². The predicted molar refractivity (Wildman–Crippen MR) is 179 cm³/mol. The van der Waals surface area contributed by atoms with E-state index in [1.54, 1.807) is 12.1 Å². The number of anilines is 1. The molecule has 0 aliphatic carbocycles. The van der Waals surface area contributed by atoms with E-state index >= 15 is 0 Å². The van der Waals surface area contributed by atoms with Crippen LogP contribution in [0.2, 0.25) is 10.0 Å². The number of fused-ring (bicyclic) bond motifs is 1. The van der Waals surface area contributed by atoms with Crippen molar-refractivity contribution >= 4 is 51.7 Å². The van der Waals surface area contributed by atoms with Crippen LogP contribution in [0.4, 0.5) is 5.69 Å². The number of rotatable bonds is 8. The first-order chi connectivity index (χ1) is 21.8. The van der Waals surface area contributed by atoms with Gasteiger partial charge in [0.05, 0.1) is 11.4 Å². The first kappa shape index (κ1) is 30.9. The fourth-order valence-electron chi connectivity index (χ4n) is 6.18. The van der Waals surface area contributed by atoms with E-state index in [4.69, 9.17) is 27.6 Å². The SMILES string of the molecule is O=C(N[C@@H](C=C1CCN(c2ccccc2CN2CCCCC2=O)CC1)Cc1ccc(Cl)cc1)c1cc(=O)c2cc(Cl)ccc2o1. The van der Waals surface area contributed by atoms with E-state index in [0.717, 1.165) is 50.9 Å². The number of hydrogen-bond donors (Lipinski definition) is 1. The Hall–Kier alpha value is -4.07. The summed E-state index contributed by atoms with van der Waals surface area (Å²) in [7, 11) is 0. The standard InChI is InChI=1S/C36H35Cl2N3O4/c37-27-10-8-24(9-11-27)19-29(39-36(44)34-22-32(42)30-21-28(38)12-13-33(30)45-34)20-25-14-17-40(18-15-25)31-6-2-1-5-26(31)23-41-16-4-3-7-35(41)43/h1-2,5-6,8-13,20-22,29H,3-4,7,14-19,23H2,(H,39,44)/t29-/m1/s1. The lowest BCUT2D eigenvalue weighted by atomic mass is 9.97. The van der Waals surface area contributed by atoms with E-state index in [1.807, 2.05) is 35.2 Å². The van der Waals surface area contributed by atoms with Gasteiger partial charge in [0.25, 0.3) is 5.91 Å². The molecule has 2 saturated heterocycles. The average Bonchev–Trinajstić information content (AvgIpc) is 3.04. The highest BCUT2D eigenvalue weighted by molar-refractivity contribution is 6.31. The molecule has 4 aromatic rings. The zero-order chi connectivity index (χ0) is 31.3. The maximum absolute atomic E-state index is 13.4. The van der Waals surface area contributed by atoms with Crippen molar-refractivity contribution in [2.45, 2.75) is 51.1 Å². The van der Waals surface area contributed by atoms with E-state index in [2.05, 4.69) is 34.5 Å². The van der Waals surface area contributed by atoms with Gasteiger partial charge in [-0.3, -0.25) is 14.4 Å². The van der Waals surface area contributed by atoms with Gasteiger partial charge >= 0.3 is 0 Å². The number of carbonyl (C=O) groups is 2. The second-order valence-corrected chi connectivity index (χ2v) is 12.6. The summed E-state index contributed by atoms with van der Waals surface area (Å²) in [5, 5.41) is 4.49. The molecular formula is C36H35Cl2N3O4. The summed E-state index contributed by atoms with van der Waals surface area (Å²) in [5.74, 6) is -0.271. The minimum atomic E-state index is -0.460. The summed E-state index contributed by atoms with van der Waals surface area (Å²) < 4.78 is 5.81. The molecule has 7 nitrogen and oxygen atoms in total. The van der Waals surface area contributed by atoms with E-state index in [1.165, 1.54) is 29.0 Å². The third kappa shape index (κ3) is 7.60. The number of nitrogens with zero attached hydrogens (tertiary/aromatic N) is 2. The smallest absolute Gasteiger partial charge is 0.287 e. The van der Waals surface area contributed by atoms with Gasteiger partial charge in [0, 0.05) is 54.4 Å². The van der Waals surface area contributed by atoms with Crippen LogP contribution in [0, 0.1) is 0 Å². The topological polar surface area (TPSA) is 82.9 Å². The lowest BCUT2D eigenvalue weighted by molar-refractivity contribution is -0.133. The third-order valence-corrected chi connectivity index (χ3v) is 9.04. The molecule has 1 aromatic heterocycles. The molecule has 0 saturated carbocycles. The molecule has 3 heterocycles. The highest BCUT2D eigenvalue weighted by atomic mass is 35.5. The number of hydrogen-bond acceptors (Lipinski definition) is 5. The van der Waals surface area contributed by atoms with Crippen LogP contribution in [0.1, 0.15) is 53.8 Å². The Bertz CT molecular complexity index is 1790. The Morgan fingerprint density at radius 2 is 1.64 bits per heavy atom. The van der Waals surface area contributed by atoms with E-state index < -0.39 is 5.91 Å². The number of carbonyl (C=O) groups excluding carboxylic acids is 2. The molecule has 232 valence electrons. The predicted octanol–water partition coefficient (Wildman–Crippen LogP) is 7.18. The third-order valence-electron chi connectivity index (χ3n) is 8.56. The molecule has 6 rings (SSSR count). The van der Waals surface area contributed by atoms with Gasteiger partial charge in [0.1, 0.15) is 5.58 Å². The van der Waals surface area contributed by atoms with Crippen LogP contribution in [0.5, 0.6) is 0 Å². The van der Waals surface area contributed by atoms with Crippen LogP contribution in [-0.4, -0.2) is 42.4 Å². The summed E-state index contributed by atoms with van der Waals surface area (Å²) in [5.41, 5.74) is 4.61. The lowest BCUT2D eigenvalue weighted by Crippen LogP contribution is -2.37. The van der Waals surface area contributed by atoms with Gasteiger partial charge in [-0.2, -0.15) is 0 Å². The monoisotopic (exact) mass is 643 g/mol. The van der Waals surface area contributed by atoms with Crippen molar-refractivity contribution in [3.8, 4) is 0 Å². The molecule has 2 amide bonds. The number of piperidine rings is 2. The van der Waals surface area contributed by atoms with Gasteiger partial charge in [-0.25, -0.2) is 0 Å². The zero-order valence-electron chi connectivity index (χ0n) is 24.9. The zero-order valence-corrected chi connectivity index (χ0v) is 26.4. The Balaban J connectivity index is 1.18. The maximum atomic E-state index is 13.4. The number of likely N-dealkylation sites (tertiary alicyclic amines) is 1. The van der Waals surface area contributed by atoms with Gasteiger partial charge < -0.3 is 19.5 Å². The van der Waals surface area contributed by atoms with Crippen LogP contribution in [-0.2, 0) is 17.8 Å². The van der Waals surface area contributed by atoms with Crippen molar-refractivity contribution in [2.24, 2.45) is 0 Å². The molecule has 2 aliphatic rings. The van der Waals surface area contributed by atoms with Crippen molar-refractivity contribution < 1.29 is 14.0 Å². The number of amides is 2. The summed E-state index contributed by atoms with van der Waals surface area (Å²) in [4.78, 5) is 43.0. The first-order valence-corrected chi connectivity index (χ1v) is 16.2. The molecule has 0 spiro atoms. The molecule has 9 heteroatoms. The van der Waals surface area contributed by atoms with Crippen molar-refractivity contribution in [3.05, 3.63) is 122 Å². The normalized spacial score (nSPS) is 16.1. The van der Waals surface area contributed by atoms with Crippen LogP contribution < -0.4 is 15.6 Å². The minimum Gasteiger partial charge on any atom is -0.451 e. The van der Waals surface area contributed by atoms with E-state index in [-0.39, 0.29) is 23.1 Å². The molecule has 1 N–H and O–H groups in total. The Morgan fingerprint density at radius 1 is 0.889 bits per heavy atom. The summed E-state index contributed by atoms with van der Waals surface area (Å²) >= 11 is 12.2. The van der Waals surface area contributed by atoms with Gasteiger partial charge in [-0.05, 0) is 79.6 Å². The van der Waals surface area contributed by atoms with Crippen LogP contribution in [0.15, 0.2) is 93.7 Å². The second kappa shape index (κ2) is 13.9. The average molecular weight is 645 g/mol. The number of para-hydroxylation sites is 1. The number of halogens is 2. The van der Waals surface area contributed by atoms with Crippen molar-refractivity contribution in [2.75, 3.05) is 24.5 Å². The summed E-state index contributed by atoms with van der Waals surface area (Å²) in [6.07, 6.45) is 7.05. The summed E-state index contributed by atoms with van der Waals surface area (Å²) in [6.45, 7) is 3.13. The molecule has 2 fully saturated rings. The fourth-order valence-corrected chi connectivity index (χ4v) is 6.48. The second-order valence-electron chi connectivity index (χ2n) is 11.7. The molecule has 1 atom stereocenters. The van der Waals surface area contributed by atoms with Crippen LogP contribution in [0.25, 0.3) is 11.0 Å². The summed E-state index contributed by atoms with van der Waals surface area (Å²) in [6, 6.07) is 21.6. The first-order valence-electron chi connectivity index (χ1n) is 15.4. The lowest BCUT2D eigenvalue weighted by Gasteiger charge is -2.34. The van der Waals surface area contributed by atoms with Gasteiger partial charge in [0.2, 0.25) is 5.91 Å². The van der Waals surface area contributed by atoms with Crippen LogP contribution in [0.3, 0.4) is 0 Å². The van der Waals surface area contributed by atoms with Gasteiger partial charge in [-0.1, -0.05) is 65.2 Å². The molecule has 0 unspecified atom stereocenters. The maximum Gasteiger partial charge on any atom is 0.287 e. The number of benzene rings is 3. The van der Waals surface area contributed by atoms with Gasteiger partial charge in [-0.15, -0.1) is 0 Å². The largest absolute Gasteiger partial charge is 0.451 e. The Morgan fingerprint density at radius 3 is 2.42 bits per heavy atom. The van der Waals surface area contributed by atoms with E-state index in [9.17, 15) is 14.4 Å². The molecule has 0 radical (unpaired) electrons. The highest BCUT2D eigenvalue weighted by Gasteiger charge is 2.23. The molecule has 0 bridgehead atoms. The van der Waals surface area contributed by atoms with E-state index in [0.29, 0.717) is 40.4 Å². The highest BCUT2D eigenvalue weighted by Crippen LogP contribution is 2.29. The van der Waals surface area contributed by atoms with Crippen LogP contribution >= 0.6 is 23.2 Å². The Labute approximate surface area is 272 Å². The van der Waals surface area contributed by atoms with Crippen molar-refractivity contribution in [3.63, 3.8) is 0 Å². The fraction of sp³-hybridized carbons (Fsp3) is 0.306. The van der Waals surface area contributed by atoms with Gasteiger partial charge in [0.15, 0.2) is 11.2 Å². The molecular weight excluding hydrogens is 609 g/mol.